The Morgan fingerprint density at radius 2 is 2.00 bits per heavy atom. The number of rotatable bonds is 5. The number of aromatic nitrogens is 4. The van der Waals surface area contributed by atoms with Gasteiger partial charge in [-0.05, 0) is 43.2 Å². The van der Waals surface area contributed by atoms with Gasteiger partial charge < -0.3 is 9.72 Å². The summed E-state index contributed by atoms with van der Waals surface area (Å²) >= 11 is 1.47. The number of benzene rings is 2. The van der Waals surface area contributed by atoms with Crippen molar-refractivity contribution in [2.75, 3.05) is 7.11 Å². The Morgan fingerprint density at radius 3 is 2.82 bits per heavy atom. The number of methoxy groups -OCH3 is 1. The van der Waals surface area contributed by atoms with Gasteiger partial charge in [-0.1, -0.05) is 30.0 Å². The largest absolute Gasteiger partial charge is 0.497 e. The lowest BCUT2D eigenvalue weighted by molar-refractivity contribution is 0.415. The number of nitrogens with one attached hydrogen (secondary N) is 2. The second kappa shape index (κ2) is 7.52. The van der Waals surface area contributed by atoms with Crippen molar-refractivity contribution in [3.8, 4) is 17.1 Å². The molecule has 0 saturated carbocycles. The summed E-state index contributed by atoms with van der Waals surface area (Å²) < 4.78 is 5.25. The van der Waals surface area contributed by atoms with E-state index in [1.165, 1.54) is 11.8 Å². The van der Waals surface area contributed by atoms with Gasteiger partial charge in [0.25, 0.3) is 0 Å². The molecule has 0 saturated heterocycles. The van der Waals surface area contributed by atoms with Gasteiger partial charge >= 0.3 is 0 Å². The van der Waals surface area contributed by atoms with Crippen molar-refractivity contribution >= 4 is 22.7 Å². The summed E-state index contributed by atoms with van der Waals surface area (Å²) in [7, 11) is 1.63. The van der Waals surface area contributed by atoms with E-state index in [-0.39, 0.29) is 5.43 Å². The molecule has 4 rings (SSSR count). The van der Waals surface area contributed by atoms with Crippen LogP contribution >= 0.6 is 11.8 Å². The van der Waals surface area contributed by atoms with E-state index in [0.29, 0.717) is 16.7 Å². The van der Waals surface area contributed by atoms with Gasteiger partial charge in [0.15, 0.2) is 11.3 Å². The second-order valence-electron chi connectivity index (χ2n) is 6.65. The topological polar surface area (TPSA) is 83.7 Å². The zero-order chi connectivity index (χ0) is 19.7. The van der Waals surface area contributed by atoms with Gasteiger partial charge in [-0.15, -0.1) is 5.10 Å². The highest BCUT2D eigenvalue weighted by Crippen LogP contribution is 2.25. The number of nitrogens with zero attached hydrogens (tertiary/aromatic N) is 2. The zero-order valence-corrected chi connectivity index (χ0v) is 16.7. The Balaban J connectivity index is 1.55. The first-order valence-corrected chi connectivity index (χ1v) is 9.85. The van der Waals surface area contributed by atoms with Gasteiger partial charge in [0.05, 0.1) is 12.6 Å². The molecule has 7 heteroatoms. The van der Waals surface area contributed by atoms with Gasteiger partial charge in [-0.3, -0.25) is 9.89 Å². The van der Waals surface area contributed by atoms with E-state index in [9.17, 15) is 4.79 Å². The molecule has 0 amide bonds. The molecule has 4 aromatic rings. The van der Waals surface area contributed by atoms with Crippen LogP contribution in [0.25, 0.3) is 22.3 Å². The first kappa shape index (κ1) is 18.3. The predicted octanol–water partition coefficient (Wildman–Crippen LogP) is 4.23. The molecule has 2 N–H and O–H groups in total. The summed E-state index contributed by atoms with van der Waals surface area (Å²) in [6.45, 7) is 3.99. The van der Waals surface area contributed by atoms with Gasteiger partial charge in [0, 0.05) is 28.5 Å². The van der Waals surface area contributed by atoms with Crippen molar-refractivity contribution in [3.05, 3.63) is 69.5 Å². The normalized spacial score (nSPS) is 11.1. The second-order valence-corrected chi connectivity index (χ2v) is 7.59. The zero-order valence-electron chi connectivity index (χ0n) is 15.9. The lowest BCUT2D eigenvalue weighted by atomic mass is 10.1. The fraction of sp³-hybridized carbons (Fsp3) is 0.190. The average Bonchev–Trinajstić information content (AvgIpc) is 3.14. The summed E-state index contributed by atoms with van der Waals surface area (Å²) in [5.41, 5.74) is 4.78. The molecule has 0 spiro atoms. The minimum Gasteiger partial charge on any atom is -0.497 e. The standard InChI is InChI=1S/C21H20N4O2S/c1-12-7-13(2)19-17(8-12)22-15(10-18(19)26)11-28-21-23-20(24-25-21)14-5-4-6-16(9-14)27-3/h4-10H,11H2,1-3H3,(H,22,26)(H,23,24,25). The maximum Gasteiger partial charge on any atom is 0.209 e. The van der Waals surface area contributed by atoms with Crippen LogP contribution < -0.4 is 10.2 Å². The molecule has 0 radical (unpaired) electrons. The lowest BCUT2D eigenvalue weighted by Crippen LogP contribution is -2.06. The number of pyridine rings is 1. The summed E-state index contributed by atoms with van der Waals surface area (Å²) in [4.78, 5) is 20.4. The smallest absolute Gasteiger partial charge is 0.209 e. The van der Waals surface area contributed by atoms with Crippen LogP contribution in [0.1, 0.15) is 16.8 Å². The van der Waals surface area contributed by atoms with Crippen molar-refractivity contribution in [1.82, 2.24) is 20.2 Å². The molecule has 28 heavy (non-hydrogen) atoms. The van der Waals surface area contributed by atoms with Gasteiger partial charge in [-0.25, -0.2) is 4.98 Å². The molecule has 0 atom stereocenters. The highest BCUT2D eigenvalue weighted by atomic mass is 32.2. The molecular formula is C21H20N4O2S. The third kappa shape index (κ3) is 3.66. The molecule has 6 nitrogen and oxygen atoms in total. The first-order valence-electron chi connectivity index (χ1n) is 8.86. The number of H-pyrrole nitrogens is 2. The molecular weight excluding hydrogens is 372 g/mol. The minimum atomic E-state index is 0.0360. The number of aromatic amines is 2. The molecule has 142 valence electrons. The van der Waals surface area contributed by atoms with Crippen LogP contribution in [0.5, 0.6) is 5.75 Å². The Labute approximate surface area is 166 Å². The van der Waals surface area contributed by atoms with Crippen molar-refractivity contribution in [1.29, 1.82) is 0 Å². The van der Waals surface area contributed by atoms with E-state index in [1.807, 2.05) is 50.2 Å². The quantitative estimate of drug-likeness (QED) is 0.497. The number of ether oxygens (including phenoxy) is 1. The fourth-order valence-corrected chi connectivity index (χ4v) is 3.97. The Morgan fingerprint density at radius 1 is 1.14 bits per heavy atom. The molecule has 0 aliphatic carbocycles. The minimum absolute atomic E-state index is 0.0360. The van der Waals surface area contributed by atoms with Crippen LogP contribution in [0.15, 0.2) is 52.4 Å². The van der Waals surface area contributed by atoms with Crippen LogP contribution in [0, 0.1) is 13.8 Å². The van der Waals surface area contributed by atoms with Gasteiger partial charge in [0.2, 0.25) is 5.16 Å². The van der Waals surface area contributed by atoms with E-state index in [4.69, 9.17) is 4.74 Å². The lowest BCUT2D eigenvalue weighted by Gasteiger charge is -2.07. The van der Waals surface area contributed by atoms with Crippen molar-refractivity contribution in [3.63, 3.8) is 0 Å². The average molecular weight is 392 g/mol. The van der Waals surface area contributed by atoms with E-state index in [2.05, 4.69) is 20.2 Å². The summed E-state index contributed by atoms with van der Waals surface area (Å²) in [6.07, 6.45) is 0. The predicted molar refractivity (Wildman–Crippen MR) is 112 cm³/mol. The summed E-state index contributed by atoms with van der Waals surface area (Å²) in [5, 5.41) is 8.60. The van der Waals surface area contributed by atoms with E-state index in [1.54, 1.807) is 13.2 Å². The van der Waals surface area contributed by atoms with Crippen molar-refractivity contribution < 1.29 is 4.74 Å². The Bertz CT molecular complexity index is 1210. The van der Waals surface area contributed by atoms with Crippen LogP contribution in [-0.4, -0.2) is 27.3 Å². The molecule has 0 aliphatic heterocycles. The van der Waals surface area contributed by atoms with Crippen LogP contribution in [-0.2, 0) is 5.75 Å². The maximum atomic E-state index is 12.5. The number of thioether (sulfide) groups is 1. The molecule has 0 aliphatic rings. The van der Waals surface area contributed by atoms with Crippen molar-refractivity contribution in [2.24, 2.45) is 0 Å². The third-order valence-electron chi connectivity index (χ3n) is 4.49. The molecule has 0 fully saturated rings. The highest BCUT2D eigenvalue weighted by molar-refractivity contribution is 7.98. The number of aryl methyl sites for hydroxylation is 2. The van der Waals surface area contributed by atoms with Crippen LogP contribution in [0.3, 0.4) is 0 Å². The number of hydrogen-bond donors (Lipinski definition) is 2. The SMILES string of the molecule is COc1cccc(-c2nc(SCc3cc(=O)c4c(C)cc(C)cc4[nH]3)n[nH]2)c1. The van der Waals surface area contributed by atoms with E-state index >= 15 is 0 Å². The summed E-state index contributed by atoms with van der Waals surface area (Å²) in [5.74, 6) is 2.02. The first-order chi connectivity index (χ1) is 13.5. The molecule has 2 heterocycles. The van der Waals surface area contributed by atoms with E-state index < -0.39 is 0 Å². The highest BCUT2D eigenvalue weighted by Gasteiger charge is 2.10. The summed E-state index contributed by atoms with van der Waals surface area (Å²) in [6, 6.07) is 13.3. The number of hydrogen-bond acceptors (Lipinski definition) is 5. The number of fused-ring (bicyclic) bond motifs is 1. The molecule has 2 aromatic heterocycles. The van der Waals surface area contributed by atoms with E-state index in [0.717, 1.165) is 39.0 Å². The monoisotopic (exact) mass is 392 g/mol. The van der Waals surface area contributed by atoms with Crippen molar-refractivity contribution in [2.45, 2.75) is 24.8 Å². The maximum absolute atomic E-state index is 12.5. The Hall–Kier alpha value is -3.06. The van der Waals surface area contributed by atoms with Gasteiger partial charge in [0.1, 0.15) is 5.75 Å². The fourth-order valence-electron chi connectivity index (χ4n) is 3.26. The molecule has 0 unspecified atom stereocenters. The van der Waals surface area contributed by atoms with Gasteiger partial charge in [-0.2, -0.15) is 0 Å². The third-order valence-corrected chi connectivity index (χ3v) is 5.39. The Kier molecular flexibility index (Phi) is 4.92. The van der Waals surface area contributed by atoms with Crippen LogP contribution in [0.4, 0.5) is 0 Å². The van der Waals surface area contributed by atoms with Crippen LogP contribution in [0.2, 0.25) is 0 Å². The molecule has 0 bridgehead atoms. The molecule has 2 aromatic carbocycles.